The molecule has 0 bridgehead atoms. The fourth-order valence-electron chi connectivity index (χ4n) is 3.66. The molecule has 0 fully saturated rings. The van der Waals surface area contributed by atoms with E-state index in [1.54, 1.807) is 48.5 Å². The summed E-state index contributed by atoms with van der Waals surface area (Å²) in [4.78, 5) is 25.7. The molecule has 0 aliphatic heterocycles. The Morgan fingerprint density at radius 3 is 2.50 bits per heavy atom. The number of carbonyl (C=O) groups is 1. The lowest BCUT2D eigenvalue weighted by Gasteiger charge is -2.10. The molecule has 0 saturated heterocycles. The monoisotopic (exact) mass is 507 g/mol. The Balaban J connectivity index is 1.51. The van der Waals surface area contributed by atoms with Gasteiger partial charge in [-0.25, -0.2) is 23.7 Å². The summed E-state index contributed by atoms with van der Waals surface area (Å²) in [5.41, 5.74) is 2.96. The van der Waals surface area contributed by atoms with E-state index in [9.17, 15) is 18.0 Å². The number of carbonyl (C=O) groups excluding carboxylic acids is 1. The number of rotatable bonds is 9. The van der Waals surface area contributed by atoms with E-state index in [0.717, 1.165) is 19.3 Å². The molecule has 10 nitrogen and oxygen atoms in total. The molecule has 2 aromatic carbocycles. The summed E-state index contributed by atoms with van der Waals surface area (Å²) in [7, 11) is -3.78. The summed E-state index contributed by atoms with van der Waals surface area (Å²) in [6.45, 7) is 2.49. The topological polar surface area (TPSA) is 150 Å². The molecule has 0 atom stereocenters. The maximum Gasteiger partial charge on any atom is 0.292 e. The van der Waals surface area contributed by atoms with E-state index in [1.165, 1.54) is 23.0 Å². The van der Waals surface area contributed by atoms with Crippen molar-refractivity contribution in [3.63, 3.8) is 0 Å². The molecule has 11 heteroatoms. The first-order chi connectivity index (χ1) is 17.3. The molecule has 2 heterocycles. The molecule has 4 aromatic rings. The second kappa shape index (κ2) is 10.7. The van der Waals surface area contributed by atoms with Crippen molar-refractivity contribution in [3.05, 3.63) is 82.5 Å². The molecule has 0 aliphatic rings. The minimum atomic E-state index is -3.78. The number of hydrogen-bond donors (Lipinski definition) is 2. The Morgan fingerprint density at radius 1 is 1.08 bits per heavy atom. The normalized spacial score (nSPS) is 11.8. The summed E-state index contributed by atoms with van der Waals surface area (Å²) in [6, 6.07) is 16.1. The van der Waals surface area contributed by atoms with Gasteiger partial charge in [0.05, 0.1) is 16.5 Å². The van der Waals surface area contributed by atoms with Crippen LogP contribution in [-0.2, 0) is 16.6 Å². The molecule has 0 radical (unpaired) electrons. The lowest BCUT2D eigenvalue weighted by Crippen LogP contribution is -2.29. The SMILES string of the molecule is CCCCCn1nc(C(=O)N/N=C/c2ccc(-c3ccc(S(N)(=O)=O)cc3)o2)c2ccccc2c1=O. The molecule has 0 saturated carbocycles. The van der Waals surface area contributed by atoms with Gasteiger partial charge >= 0.3 is 0 Å². The van der Waals surface area contributed by atoms with Gasteiger partial charge in [0.25, 0.3) is 11.5 Å². The zero-order chi connectivity index (χ0) is 25.7. The van der Waals surface area contributed by atoms with Crippen LogP contribution in [0, 0.1) is 0 Å². The van der Waals surface area contributed by atoms with E-state index >= 15 is 0 Å². The molecular formula is C25H25N5O5S. The smallest absolute Gasteiger partial charge is 0.292 e. The predicted molar refractivity (Wildman–Crippen MR) is 136 cm³/mol. The standard InChI is InChI=1S/C25H25N5O5S/c1-2-3-6-15-30-25(32)21-8-5-4-7-20(21)23(29-30)24(31)28-27-16-18-11-14-22(35-18)17-9-12-19(13-10-17)36(26,33)34/h4-5,7-14,16H,2-3,6,15H2,1H3,(H,28,31)(H2,26,33,34)/b27-16+. The highest BCUT2D eigenvalue weighted by molar-refractivity contribution is 7.89. The number of sulfonamides is 1. The Kier molecular flexibility index (Phi) is 7.41. The number of fused-ring (bicyclic) bond motifs is 1. The number of benzene rings is 2. The summed E-state index contributed by atoms with van der Waals surface area (Å²) in [6.07, 6.45) is 4.07. The number of primary sulfonamides is 1. The van der Waals surface area contributed by atoms with Crippen LogP contribution in [0.5, 0.6) is 0 Å². The number of furan rings is 1. The molecule has 4 rings (SSSR count). The number of aryl methyl sites for hydroxylation is 1. The third kappa shape index (κ3) is 5.58. The van der Waals surface area contributed by atoms with Crippen molar-refractivity contribution in [3.8, 4) is 11.3 Å². The van der Waals surface area contributed by atoms with Gasteiger partial charge in [-0.15, -0.1) is 0 Å². The summed E-state index contributed by atoms with van der Waals surface area (Å²) < 4.78 is 29.8. The van der Waals surface area contributed by atoms with Crippen molar-refractivity contribution in [2.45, 2.75) is 37.6 Å². The number of aromatic nitrogens is 2. The number of amides is 1. The number of hydrazone groups is 1. The van der Waals surface area contributed by atoms with Crippen LogP contribution in [0.2, 0.25) is 0 Å². The first kappa shape index (κ1) is 25.0. The van der Waals surface area contributed by atoms with Gasteiger partial charge in [-0.2, -0.15) is 10.2 Å². The van der Waals surface area contributed by atoms with Crippen molar-refractivity contribution in [1.29, 1.82) is 0 Å². The lowest BCUT2D eigenvalue weighted by molar-refractivity contribution is 0.0949. The second-order valence-corrected chi connectivity index (χ2v) is 9.66. The zero-order valence-electron chi connectivity index (χ0n) is 19.5. The zero-order valence-corrected chi connectivity index (χ0v) is 20.4. The van der Waals surface area contributed by atoms with Crippen LogP contribution < -0.4 is 16.1 Å². The second-order valence-electron chi connectivity index (χ2n) is 8.10. The fraction of sp³-hybridized carbons (Fsp3) is 0.200. The van der Waals surface area contributed by atoms with E-state index in [-0.39, 0.29) is 16.1 Å². The van der Waals surface area contributed by atoms with Crippen LogP contribution in [0.15, 0.2) is 79.9 Å². The van der Waals surface area contributed by atoms with E-state index in [1.807, 2.05) is 0 Å². The van der Waals surface area contributed by atoms with Crippen LogP contribution >= 0.6 is 0 Å². The molecule has 1 amide bonds. The van der Waals surface area contributed by atoms with Gasteiger partial charge in [0, 0.05) is 17.5 Å². The fourth-order valence-corrected chi connectivity index (χ4v) is 4.18. The number of hydrogen-bond acceptors (Lipinski definition) is 7. The molecule has 186 valence electrons. The molecule has 2 aromatic heterocycles. The average molecular weight is 508 g/mol. The third-order valence-corrected chi connectivity index (χ3v) is 6.44. The number of nitrogens with one attached hydrogen (secondary N) is 1. The van der Waals surface area contributed by atoms with Crippen molar-refractivity contribution in [2.24, 2.45) is 10.2 Å². The third-order valence-electron chi connectivity index (χ3n) is 5.51. The molecule has 3 N–H and O–H groups in total. The maximum absolute atomic E-state index is 12.9. The minimum Gasteiger partial charge on any atom is -0.455 e. The van der Waals surface area contributed by atoms with Crippen LogP contribution in [0.25, 0.3) is 22.1 Å². The Hall–Kier alpha value is -4.09. The first-order valence-corrected chi connectivity index (χ1v) is 12.9. The Bertz CT molecular complexity index is 1590. The van der Waals surface area contributed by atoms with E-state index in [2.05, 4.69) is 22.5 Å². The quantitative estimate of drug-likeness (QED) is 0.202. The summed E-state index contributed by atoms with van der Waals surface area (Å²) in [5.74, 6) is 0.288. The molecule has 36 heavy (non-hydrogen) atoms. The van der Waals surface area contributed by atoms with Crippen molar-refractivity contribution in [1.82, 2.24) is 15.2 Å². The van der Waals surface area contributed by atoms with E-state index < -0.39 is 15.9 Å². The van der Waals surface area contributed by atoms with Gasteiger partial charge in [0.2, 0.25) is 10.0 Å². The predicted octanol–water partition coefficient (Wildman–Crippen LogP) is 3.26. The number of nitrogens with zero attached hydrogens (tertiary/aromatic N) is 3. The number of nitrogens with two attached hydrogens (primary N) is 1. The molecule has 0 aliphatic carbocycles. The lowest BCUT2D eigenvalue weighted by atomic mass is 10.1. The number of unbranched alkanes of at least 4 members (excludes halogenated alkanes) is 2. The van der Waals surface area contributed by atoms with Gasteiger partial charge in [-0.1, -0.05) is 38.0 Å². The minimum absolute atomic E-state index is 0.000124. The summed E-state index contributed by atoms with van der Waals surface area (Å²) >= 11 is 0. The highest BCUT2D eigenvalue weighted by Gasteiger charge is 2.16. The van der Waals surface area contributed by atoms with Gasteiger partial charge in [0.15, 0.2) is 5.69 Å². The van der Waals surface area contributed by atoms with Gasteiger partial charge in [-0.05, 0) is 48.9 Å². The average Bonchev–Trinajstić information content (AvgIpc) is 3.34. The highest BCUT2D eigenvalue weighted by atomic mass is 32.2. The molecule has 0 unspecified atom stereocenters. The van der Waals surface area contributed by atoms with Crippen molar-refractivity contribution >= 4 is 32.9 Å². The highest BCUT2D eigenvalue weighted by Crippen LogP contribution is 2.23. The van der Waals surface area contributed by atoms with E-state index in [4.69, 9.17) is 9.56 Å². The van der Waals surface area contributed by atoms with E-state index in [0.29, 0.717) is 34.4 Å². The Labute approximate surface area is 207 Å². The maximum atomic E-state index is 12.9. The molecular weight excluding hydrogens is 482 g/mol. The summed E-state index contributed by atoms with van der Waals surface area (Å²) in [5, 5.41) is 14.3. The Morgan fingerprint density at radius 2 is 1.81 bits per heavy atom. The largest absolute Gasteiger partial charge is 0.455 e. The molecule has 0 spiro atoms. The van der Waals surface area contributed by atoms with Crippen molar-refractivity contribution in [2.75, 3.05) is 0 Å². The van der Waals surface area contributed by atoms with Gasteiger partial charge in [-0.3, -0.25) is 9.59 Å². The van der Waals surface area contributed by atoms with Crippen LogP contribution in [0.3, 0.4) is 0 Å². The van der Waals surface area contributed by atoms with Crippen LogP contribution in [0.4, 0.5) is 0 Å². The first-order valence-electron chi connectivity index (χ1n) is 11.3. The van der Waals surface area contributed by atoms with Crippen LogP contribution in [-0.4, -0.2) is 30.3 Å². The van der Waals surface area contributed by atoms with Gasteiger partial charge < -0.3 is 4.42 Å². The van der Waals surface area contributed by atoms with Crippen LogP contribution in [0.1, 0.15) is 42.4 Å². The van der Waals surface area contributed by atoms with Gasteiger partial charge in [0.1, 0.15) is 11.5 Å². The van der Waals surface area contributed by atoms with Crippen molar-refractivity contribution < 1.29 is 17.6 Å².